The van der Waals surface area contributed by atoms with Crippen LogP contribution in [-0.4, -0.2) is 5.91 Å². The van der Waals surface area contributed by atoms with Crippen molar-refractivity contribution >= 4 is 50.7 Å². The molecule has 0 fully saturated rings. The van der Waals surface area contributed by atoms with E-state index in [1.807, 2.05) is 18.2 Å². The third kappa shape index (κ3) is 4.23. The molecule has 0 saturated carbocycles. The molecule has 0 saturated heterocycles. The first-order valence-corrected chi connectivity index (χ1v) is 7.09. The van der Waals surface area contributed by atoms with Crippen LogP contribution in [0.1, 0.15) is 5.56 Å². The smallest absolute Gasteiger partial charge is 0.228 e. The van der Waals surface area contributed by atoms with Crippen molar-refractivity contribution in [2.45, 2.75) is 6.42 Å². The van der Waals surface area contributed by atoms with E-state index in [1.54, 1.807) is 24.3 Å². The molecule has 2 nitrogen and oxygen atoms in total. The maximum absolute atomic E-state index is 11.9. The van der Waals surface area contributed by atoms with E-state index in [2.05, 4.69) is 21.2 Å². The second kappa shape index (κ2) is 6.42. The van der Waals surface area contributed by atoms with Gasteiger partial charge in [-0.15, -0.1) is 0 Å². The Kier molecular flexibility index (Phi) is 4.86. The highest BCUT2D eigenvalue weighted by atomic mass is 79.9. The number of hydrogen-bond donors (Lipinski definition) is 1. The Bertz CT molecular complexity index is 616. The van der Waals surface area contributed by atoms with Gasteiger partial charge in [-0.25, -0.2) is 0 Å². The summed E-state index contributed by atoms with van der Waals surface area (Å²) in [7, 11) is 0. The lowest BCUT2D eigenvalue weighted by molar-refractivity contribution is -0.115. The topological polar surface area (TPSA) is 29.1 Å². The van der Waals surface area contributed by atoms with E-state index in [1.165, 1.54) is 0 Å². The second-order valence-corrected chi connectivity index (χ2v) is 5.74. The predicted molar refractivity (Wildman–Crippen MR) is 82.9 cm³/mol. The summed E-state index contributed by atoms with van der Waals surface area (Å²) >= 11 is 15.2. The first kappa shape index (κ1) is 14.4. The molecule has 2 rings (SSSR count). The number of hydrogen-bond acceptors (Lipinski definition) is 1. The van der Waals surface area contributed by atoms with E-state index in [4.69, 9.17) is 23.2 Å². The third-order valence-corrected chi connectivity index (χ3v) is 3.51. The molecule has 2 aromatic carbocycles. The molecular weight excluding hydrogens is 349 g/mol. The molecule has 1 N–H and O–H groups in total. The Hall–Kier alpha value is -1.03. The fraction of sp³-hybridized carbons (Fsp3) is 0.0714. The number of carbonyl (C=O) groups is 1. The summed E-state index contributed by atoms with van der Waals surface area (Å²) in [5.74, 6) is -0.137. The Balaban J connectivity index is 2.07. The molecule has 2 aromatic rings. The van der Waals surface area contributed by atoms with Crippen LogP contribution in [0.2, 0.25) is 10.0 Å². The summed E-state index contributed by atoms with van der Waals surface area (Å²) < 4.78 is 0.856. The standard InChI is InChI=1S/C14H10BrCl2NO/c15-10-4-5-12(17)13(8-10)18-14(19)7-9-2-1-3-11(16)6-9/h1-6,8H,7H2,(H,18,19). The van der Waals surface area contributed by atoms with E-state index in [0.717, 1.165) is 10.0 Å². The average Bonchev–Trinajstić information content (AvgIpc) is 2.34. The van der Waals surface area contributed by atoms with Crippen molar-refractivity contribution < 1.29 is 4.79 Å². The van der Waals surface area contributed by atoms with Crippen LogP contribution in [0.3, 0.4) is 0 Å². The van der Waals surface area contributed by atoms with Crippen molar-refractivity contribution in [2.75, 3.05) is 5.32 Å². The maximum atomic E-state index is 11.9. The number of nitrogens with one attached hydrogen (secondary N) is 1. The third-order valence-electron chi connectivity index (χ3n) is 2.46. The SMILES string of the molecule is O=C(Cc1cccc(Cl)c1)Nc1cc(Br)ccc1Cl. The van der Waals surface area contributed by atoms with Crippen molar-refractivity contribution in [2.24, 2.45) is 0 Å². The van der Waals surface area contributed by atoms with Crippen LogP contribution < -0.4 is 5.32 Å². The molecule has 0 aliphatic carbocycles. The molecule has 5 heteroatoms. The van der Waals surface area contributed by atoms with E-state index >= 15 is 0 Å². The van der Waals surface area contributed by atoms with Gasteiger partial charge in [-0.1, -0.05) is 51.3 Å². The molecular formula is C14H10BrCl2NO. The lowest BCUT2D eigenvalue weighted by atomic mass is 10.1. The van der Waals surface area contributed by atoms with Gasteiger partial charge in [0.15, 0.2) is 0 Å². The molecule has 0 aromatic heterocycles. The van der Waals surface area contributed by atoms with Crippen LogP contribution in [0.5, 0.6) is 0 Å². The van der Waals surface area contributed by atoms with Gasteiger partial charge in [0.2, 0.25) is 5.91 Å². The quantitative estimate of drug-likeness (QED) is 0.827. The molecule has 0 unspecified atom stereocenters. The molecule has 0 atom stereocenters. The molecule has 1 amide bonds. The highest BCUT2D eigenvalue weighted by Gasteiger charge is 2.07. The van der Waals surface area contributed by atoms with Gasteiger partial charge in [-0.2, -0.15) is 0 Å². The Morgan fingerprint density at radius 3 is 2.68 bits per heavy atom. The fourth-order valence-electron chi connectivity index (χ4n) is 1.62. The van der Waals surface area contributed by atoms with Crippen LogP contribution in [0.25, 0.3) is 0 Å². The average molecular weight is 359 g/mol. The monoisotopic (exact) mass is 357 g/mol. The van der Waals surface area contributed by atoms with Crippen molar-refractivity contribution in [3.8, 4) is 0 Å². The van der Waals surface area contributed by atoms with Crippen molar-refractivity contribution in [3.05, 3.63) is 62.5 Å². The van der Waals surface area contributed by atoms with Gasteiger partial charge in [0.25, 0.3) is 0 Å². The minimum Gasteiger partial charge on any atom is -0.324 e. The van der Waals surface area contributed by atoms with Gasteiger partial charge >= 0.3 is 0 Å². The number of carbonyl (C=O) groups excluding carboxylic acids is 1. The molecule has 0 aliphatic rings. The number of anilines is 1. The molecule has 0 bridgehead atoms. The minimum absolute atomic E-state index is 0.137. The van der Waals surface area contributed by atoms with Gasteiger partial charge in [0.1, 0.15) is 0 Å². The Morgan fingerprint density at radius 1 is 1.16 bits per heavy atom. The van der Waals surface area contributed by atoms with Crippen molar-refractivity contribution in [1.82, 2.24) is 0 Å². The highest BCUT2D eigenvalue weighted by Crippen LogP contribution is 2.25. The second-order valence-electron chi connectivity index (χ2n) is 3.98. The van der Waals surface area contributed by atoms with Gasteiger partial charge in [0, 0.05) is 9.50 Å². The number of amides is 1. The zero-order chi connectivity index (χ0) is 13.8. The zero-order valence-electron chi connectivity index (χ0n) is 9.79. The van der Waals surface area contributed by atoms with Crippen LogP contribution in [-0.2, 0) is 11.2 Å². The molecule has 19 heavy (non-hydrogen) atoms. The van der Waals surface area contributed by atoms with E-state index < -0.39 is 0 Å². The van der Waals surface area contributed by atoms with Crippen molar-refractivity contribution in [3.63, 3.8) is 0 Å². The van der Waals surface area contributed by atoms with Crippen LogP contribution >= 0.6 is 39.1 Å². The normalized spacial score (nSPS) is 10.3. The van der Waals surface area contributed by atoms with Gasteiger partial charge in [-0.05, 0) is 35.9 Å². The van der Waals surface area contributed by atoms with Crippen LogP contribution in [0, 0.1) is 0 Å². The summed E-state index contributed by atoms with van der Waals surface area (Å²) in [5.41, 5.74) is 1.44. The molecule has 0 spiro atoms. The predicted octanol–water partition coefficient (Wildman–Crippen LogP) is 4.94. The first-order chi connectivity index (χ1) is 9.04. The van der Waals surface area contributed by atoms with E-state index in [9.17, 15) is 4.79 Å². The fourth-order valence-corrected chi connectivity index (χ4v) is 2.36. The molecule has 0 radical (unpaired) electrons. The minimum atomic E-state index is -0.137. The first-order valence-electron chi connectivity index (χ1n) is 5.54. The molecule has 0 heterocycles. The number of rotatable bonds is 3. The van der Waals surface area contributed by atoms with Gasteiger partial charge < -0.3 is 5.32 Å². The lowest BCUT2D eigenvalue weighted by Gasteiger charge is -2.08. The van der Waals surface area contributed by atoms with E-state index in [-0.39, 0.29) is 12.3 Å². The lowest BCUT2D eigenvalue weighted by Crippen LogP contribution is -2.14. The largest absolute Gasteiger partial charge is 0.324 e. The van der Waals surface area contributed by atoms with E-state index in [0.29, 0.717) is 15.7 Å². The number of benzene rings is 2. The zero-order valence-corrected chi connectivity index (χ0v) is 12.9. The maximum Gasteiger partial charge on any atom is 0.228 e. The Morgan fingerprint density at radius 2 is 1.95 bits per heavy atom. The summed E-state index contributed by atoms with van der Waals surface area (Å²) in [6, 6.07) is 12.5. The summed E-state index contributed by atoms with van der Waals surface area (Å²) in [4.78, 5) is 11.9. The van der Waals surface area contributed by atoms with Crippen LogP contribution in [0.15, 0.2) is 46.9 Å². The summed E-state index contributed by atoms with van der Waals surface area (Å²) in [5, 5.41) is 3.89. The summed E-state index contributed by atoms with van der Waals surface area (Å²) in [6.07, 6.45) is 0.253. The Labute approximate surface area is 129 Å². The summed E-state index contributed by atoms with van der Waals surface area (Å²) in [6.45, 7) is 0. The van der Waals surface area contributed by atoms with Crippen molar-refractivity contribution in [1.29, 1.82) is 0 Å². The molecule has 98 valence electrons. The van der Waals surface area contributed by atoms with Gasteiger partial charge in [0.05, 0.1) is 17.1 Å². The number of halogens is 3. The molecule has 0 aliphatic heterocycles. The van der Waals surface area contributed by atoms with Gasteiger partial charge in [-0.3, -0.25) is 4.79 Å². The highest BCUT2D eigenvalue weighted by molar-refractivity contribution is 9.10. The van der Waals surface area contributed by atoms with Crippen LogP contribution in [0.4, 0.5) is 5.69 Å².